The topological polar surface area (TPSA) is 101 Å². The Morgan fingerprint density at radius 3 is 1.83 bits per heavy atom. The van der Waals surface area contributed by atoms with Crippen LogP contribution in [-0.2, 0) is 9.59 Å². The van der Waals surface area contributed by atoms with E-state index in [1.165, 1.54) is 0 Å². The maximum atomic E-state index is 10.4. The van der Waals surface area contributed by atoms with E-state index >= 15 is 0 Å². The zero-order valence-corrected chi connectivity index (χ0v) is 10.1. The van der Waals surface area contributed by atoms with Crippen LogP contribution in [-0.4, -0.2) is 36.0 Å². The molecule has 0 bridgehead atoms. The quantitative estimate of drug-likeness (QED) is 0.460. The van der Waals surface area contributed by atoms with Crippen molar-refractivity contribution in [1.29, 1.82) is 0 Å². The van der Waals surface area contributed by atoms with Gasteiger partial charge >= 0.3 is 11.9 Å². The summed E-state index contributed by atoms with van der Waals surface area (Å²) in [5.41, 5.74) is 5.22. The van der Waals surface area contributed by atoms with Crippen molar-refractivity contribution in [2.75, 3.05) is 0 Å². The number of halogens is 2. The number of carbonyl (C=O) groups is 2. The van der Waals surface area contributed by atoms with E-state index in [-0.39, 0.29) is 0 Å². The summed E-state index contributed by atoms with van der Waals surface area (Å²) in [6.45, 7) is 0. The second kappa shape index (κ2) is 5.17. The van der Waals surface area contributed by atoms with Gasteiger partial charge in [-0.05, 0) is 0 Å². The smallest absolute Gasteiger partial charge is 0.321 e. The maximum Gasteiger partial charge on any atom is 0.321 e. The van der Waals surface area contributed by atoms with Crippen LogP contribution >= 0.6 is 45.2 Å². The van der Waals surface area contributed by atoms with Crippen LogP contribution in [0.4, 0.5) is 0 Å². The third-order valence-electron chi connectivity index (χ3n) is 1.14. The second-order valence-corrected chi connectivity index (χ2v) is 4.83. The van der Waals surface area contributed by atoms with E-state index in [1.807, 2.05) is 0 Å². The van der Waals surface area contributed by atoms with Gasteiger partial charge in [0, 0.05) is 0 Å². The van der Waals surface area contributed by atoms with Crippen molar-refractivity contribution in [1.82, 2.24) is 0 Å². The van der Waals surface area contributed by atoms with Crippen LogP contribution in [0, 0.1) is 0 Å². The molecule has 0 aliphatic rings. The molecule has 0 fully saturated rings. The molecule has 0 amide bonds. The third kappa shape index (κ3) is 3.39. The van der Waals surface area contributed by atoms with Gasteiger partial charge in [-0.3, -0.25) is 9.59 Å². The molecule has 0 aromatic heterocycles. The minimum absolute atomic E-state index is 0.613. The summed E-state index contributed by atoms with van der Waals surface area (Å²) in [5, 5.41) is 17.0. The molecule has 70 valence electrons. The van der Waals surface area contributed by atoms with Crippen LogP contribution in [0.5, 0.6) is 0 Å². The first kappa shape index (κ1) is 12.4. The number of hydrogen-bond donors (Lipinski definition) is 3. The van der Waals surface area contributed by atoms with Gasteiger partial charge in [0.05, 0.1) is 3.92 Å². The Bertz CT molecular complexity index is 178. The molecule has 4 N–H and O–H groups in total. The summed E-state index contributed by atoms with van der Waals surface area (Å²) < 4.78 is -1.40. The van der Waals surface area contributed by atoms with Gasteiger partial charge < -0.3 is 15.9 Å². The summed E-state index contributed by atoms with van der Waals surface area (Å²) in [6.07, 6.45) is 0. The third-order valence-corrected chi connectivity index (χ3v) is 5.32. The number of carboxylic acid groups (broad SMARTS) is 2. The van der Waals surface area contributed by atoms with E-state index in [9.17, 15) is 9.59 Å². The SMILES string of the molecule is NC(C(=O)O)C(I)C(I)C(=O)O. The molecule has 0 aromatic rings. The van der Waals surface area contributed by atoms with Gasteiger partial charge in [0.1, 0.15) is 9.97 Å². The lowest BCUT2D eigenvalue weighted by molar-refractivity contribution is -0.139. The fraction of sp³-hybridized carbons (Fsp3) is 0.600. The summed E-state index contributed by atoms with van der Waals surface area (Å²) in [5.74, 6) is -2.23. The molecule has 3 atom stereocenters. The van der Waals surface area contributed by atoms with Crippen molar-refractivity contribution in [3.8, 4) is 0 Å². The van der Waals surface area contributed by atoms with Crippen molar-refractivity contribution >= 4 is 57.1 Å². The van der Waals surface area contributed by atoms with Crippen molar-refractivity contribution in [3.05, 3.63) is 0 Å². The summed E-state index contributed by atoms with van der Waals surface area (Å²) in [6, 6.07) is -1.14. The van der Waals surface area contributed by atoms with Gasteiger partial charge in [0.25, 0.3) is 0 Å². The Morgan fingerprint density at radius 1 is 1.17 bits per heavy atom. The highest BCUT2D eigenvalue weighted by Gasteiger charge is 2.31. The molecule has 12 heavy (non-hydrogen) atoms. The predicted molar refractivity (Wildman–Crippen MR) is 58.9 cm³/mol. The highest BCUT2D eigenvalue weighted by atomic mass is 127. The molecule has 0 spiro atoms. The largest absolute Gasteiger partial charge is 0.480 e. The molecule has 0 heterocycles. The van der Waals surface area contributed by atoms with Gasteiger partial charge in [-0.1, -0.05) is 45.2 Å². The number of alkyl halides is 2. The van der Waals surface area contributed by atoms with Crippen molar-refractivity contribution in [3.63, 3.8) is 0 Å². The Morgan fingerprint density at radius 2 is 1.58 bits per heavy atom. The zero-order valence-electron chi connectivity index (χ0n) is 5.78. The van der Waals surface area contributed by atoms with Crippen LogP contribution in [0.15, 0.2) is 0 Å². The predicted octanol–water partition coefficient (Wildman–Crippen LogP) is 0.0901. The number of aliphatic carboxylic acids is 2. The fourth-order valence-electron chi connectivity index (χ4n) is 0.454. The van der Waals surface area contributed by atoms with Crippen molar-refractivity contribution in [2.45, 2.75) is 13.9 Å². The molecule has 5 nitrogen and oxygen atoms in total. The summed E-state index contributed by atoms with van der Waals surface area (Å²) in [7, 11) is 0. The number of hydrogen-bond acceptors (Lipinski definition) is 3. The average molecular weight is 399 g/mol. The van der Waals surface area contributed by atoms with E-state index in [0.29, 0.717) is 0 Å². The van der Waals surface area contributed by atoms with Gasteiger partial charge in [0.15, 0.2) is 0 Å². The van der Waals surface area contributed by atoms with Crippen LogP contribution in [0.3, 0.4) is 0 Å². The molecular formula is C5H7I2NO4. The highest BCUT2D eigenvalue weighted by Crippen LogP contribution is 2.18. The van der Waals surface area contributed by atoms with Gasteiger partial charge in [-0.2, -0.15) is 0 Å². The molecule has 3 unspecified atom stereocenters. The average Bonchev–Trinajstić information content (AvgIpc) is 2.00. The first-order chi connectivity index (χ1) is 5.37. The van der Waals surface area contributed by atoms with Crippen LogP contribution in [0.1, 0.15) is 0 Å². The van der Waals surface area contributed by atoms with Gasteiger partial charge in [-0.25, -0.2) is 0 Å². The van der Waals surface area contributed by atoms with Gasteiger partial charge in [-0.15, -0.1) is 0 Å². The number of carboxylic acids is 2. The zero-order chi connectivity index (χ0) is 9.89. The Kier molecular flexibility index (Phi) is 5.32. The number of nitrogens with two attached hydrogens (primary N) is 1. The van der Waals surface area contributed by atoms with Gasteiger partial charge in [0.2, 0.25) is 0 Å². The van der Waals surface area contributed by atoms with E-state index in [4.69, 9.17) is 15.9 Å². The van der Waals surface area contributed by atoms with Crippen molar-refractivity contribution in [2.24, 2.45) is 5.73 Å². The summed E-state index contributed by atoms with van der Waals surface area (Å²) in [4.78, 5) is 20.7. The summed E-state index contributed by atoms with van der Waals surface area (Å²) >= 11 is 3.39. The Balaban J connectivity index is 4.28. The van der Waals surface area contributed by atoms with Crippen LogP contribution < -0.4 is 5.73 Å². The molecule has 0 rings (SSSR count). The lowest BCUT2D eigenvalue weighted by atomic mass is 10.2. The standard InChI is InChI=1S/C5H7I2NO4/c6-1(2(7)4(9)10)3(8)5(11)12/h1-3H,8H2,(H,9,10)(H,11,12). The Hall–Kier alpha value is 0.360. The van der Waals surface area contributed by atoms with E-state index in [2.05, 4.69) is 0 Å². The highest BCUT2D eigenvalue weighted by molar-refractivity contribution is 14.1. The minimum atomic E-state index is -1.18. The minimum Gasteiger partial charge on any atom is -0.480 e. The molecule has 0 aliphatic carbocycles. The molecule has 0 aromatic carbocycles. The monoisotopic (exact) mass is 399 g/mol. The van der Waals surface area contributed by atoms with Crippen molar-refractivity contribution < 1.29 is 19.8 Å². The normalized spacial score (nSPS) is 17.9. The molecular weight excluding hydrogens is 392 g/mol. The second-order valence-electron chi connectivity index (χ2n) is 2.05. The molecule has 0 radical (unpaired) electrons. The maximum absolute atomic E-state index is 10.4. The lowest BCUT2D eigenvalue weighted by Gasteiger charge is -2.16. The first-order valence-electron chi connectivity index (χ1n) is 2.87. The number of rotatable bonds is 4. The molecule has 0 saturated heterocycles. The van der Waals surface area contributed by atoms with Crippen LogP contribution in [0.25, 0.3) is 0 Å². The Labute approximate surface area is 96.0 Å². The molecule has 7 heteroatoms. The first-order valence-corrected chi connectivity index (χ1v) is 5.36. The van der Waals surface area contributed by atoms with Crippen LogP contribution in [0.2, 0.25) is 0 Å². The van der Waals surface area contributed by atoms with E-state index in [0.717, 1.165) is 0 Å². The van der Waals surface area contributed by atoms with E-state index < -0.39 is 25.8 Å². The molecule has 0 saturated carbocycles. The fourth-order valence-corrected chi connectivity index (χ4v) is 1.52. The molecule has 0 aliphatic heterocycles. The van der Waals surface area contributed by atoms with E-state index in [1.54, 1.807) is 45.2 Å². The lowest BCUT2D eigenvalue weighted by Crippen LogP contribution is -2.45.